The van der Waals surface area contributed by atoms with Crippen molar-refractivity contribution >= 4 is 16.9 Å². The standard InChI is InChI=1S/C18H10F3N3O5/c1-28-17(27)11-7-24(6-10-15(11)22-23-16(10)26)8-2-3-9-12(18(19,20)21)5-14(25)29-13(9)4-8/h2-7H,1H3,(H,23,26). The first-order valence-electron chi connectivity index (χ1n) is 8.03. The summed E-state index contributed by atoms with van der Waals surface area (Å²) in [6.07, 6.45) is -2.09. The topological polar surface area (TPSA) is 107 Å². The first-order chi connectivity index (χ1) is 13.7. The highest BCUT2D eigenvalue weighted by Crippen LogP contribution is 2.34. The number of esters is 1. The maximum absolute atomic E-state index is 13.2. The van der Waals surface area contributed by atoms with Gasteiger partial charge in [-0.15, -0.1) is 0 Å². The smallest absolute Gasteiger partial charge is 0.417 e. The largest absolute Gasteiger partial charge is 0.465 e. The number of nitrogens with zero attached hydrogens (tertiary/aromatic N) is 2. The third-order valence-electron chi connectivity index (χ3n) is 4.30. The first kappa shape index (κ1) is 18.5. The molecule has 0 fully saturated rings. The molecule has 0 unspecified atom stereocenters. The predicted molar refractivity (Wildman–Crippen MR) is 93.2 cm³/mol. The molecule has 0 aliphatic carbocycles. The van der Waals surface area contributed by atoms with E-state index >= 15 is 0 Å². The van der Waals surface area contributed by atoms with Gasteiger partial charge in [0.1, 0.15) is 16.8 Å². The van der Waals surface area contributed by atoms with Gasteiger partial charge in [-0.3, -0.25) is 4.79 Å². The molecule has 4 rings (SSSR count). The van der Waals surface area contributed by atoms with Crippen molar-refractivity contribution in [3.63, 3.8) is 0 Å². The van der Waals surface area contributed by atoms with Gasteiger partial charge in [-0.05, 0) is 12.1 Å². The Kier molecular flexibility index (Phi) is 4.03. The van der Waals surface area contributed by atoms with Crippen molar-refractivity contribution < 1.29 is 27.1 Å². The number of aromatic amines is 1. The molecule has 0 atom stereocenters. The summed E-state index contributed by atoms with van der Waals surface area (Å²) >= 11 is 0. The highest BCUT2D eigenvalue weighted by molar-refractivity contribution is 5.96. The Balaban J connectivity index is 1.98. The van der Waals surface area contributed by atoms with Gasteiger partial charge in [-0.1, -0.05) is 0 Å². The van der Waals surface area contributed by atoms with Crippen LogP contribution in [0.4, 0.5) is 13.2 Å². The summed E-state index contributed by atoms with van der Waals surface area (Å²) < 4.78 is 50.5. The number of pyridine rings is 1. The van der Waals surface area contributed by atoms with Crippen molar-refractivity contribution in [2.75, 3.05) is 7.11 Å². The quantitative estimate of drug-likeness (QED) is 0.406. The number of alkyl halides is 3. The van der Waals surface area contributed by atoms with Crippen LogP contribution in [-0.4, -0.2) is 27.8 Å². The Morgan fingerprint density at radius 2 is 1.97 bits per heavy atom. The fourth-order valence-electron chi connectivity index (χ4n) is 2.99. The summed E-state index contributed by atoms with van der Waals surface area (Å²) in [6, 6.07) is 4.04. The molecule has 2 aromatic rings. The molecule has 8 nitrogen and oxygen atoms in total. The Morgan fingerprint density at radius 3 is 2.66 bits per heavy atom. The third kappa shape index (κ3) is 3.06. The number of aromatic nitrogens is 3. The molecule has 2 aliphatic heterocycles. The molecular weight excluding hydrogens is 395 g/mol. The third-order valence-corrected chi connectivity index (χ3v) is 4.30. The molecule has 29 heavy (non-hydrogen) atoms. The van der Waals surface area contributed by atoms with Crippen LogP contribution in [0.5, 0.6) is 0 Å². The Labute approximate surface area is 158 Å². The average Bonchev–Trinajstić information content (AvgIpc) is 3.05. The maximum Gasteiger partial charge on any atom is 0.417 e. The Bertz CT molecular complexity index is 1350. The van der Waals surface area contributed by atoms with Crippen LogP contribution in [0.15, 0.2) is 50.7 Å². The molecular formula is C18H10F3N3O5. The number of carbonyl (C=O) groups excluding carboxylic acids is 1. The summed E-state index contributed by atoms with van der Waals surface area (Å²) in [6.45, 7) is 0. The van der Waals surface area contributed by atoms with Crippen LogP contribution in [-0.2, 0) is 10.9 Å². The molecule has 148 valence electrons. The van der Waals surface area contributed by atoms with E-state index in [9.17, 15) is 27.6 Å². The van der Waals surface area contributed by atoms with Gasteiger partial charge in [-0.2, -0.15) is 18.3 Å². The van der Waals surface area contributed by atoms with E-state index in [1.54, 1.807) is 0 Å². The summed E-state index contributed by atoms with van der Waals surface area (Å²) in [5.74, 6) is -0.762. The van der Waals surface area contributed by atoms with Gasteiger partial charge < -0.3 is 13.7 Å². The Morgan fingerprint density at radius 1 is 1.21 bits per heavy atom. The van der Waals surface area contributed by atoms with Crippen LogP contribution in [0.1, 0.15) is 15.9 Å². The molecule has 11 heteroatoms. The SMILES string of the molecule is COC(=O)c1cn(-c2ccc3c(C(F)(F)F)cc(=O)oc3c2)cc2c(=O)[nH]nc1-2. The minimum absolute atomic E-state index is 0.0334. The zero-order chi connectivity index (χ0) is 20.9. The van der Waals surface area contributed by atoms with E-state index in [0.29, 0.717) is 6.07 Å². The van der Waals surface area contributed by atoms with E-state index in [1.165, 1.54) is 29.1 Å². The monoisotopic (exact) mass is 405 g/mol. The fourth-order valence-corrected chi connectivity index (χ4v) is 2.99. The second-order valence-corrected chi connectivity index (χ2v) is 6.04. The molecule has 1 aromatic heterocycles. The number of rotatable bonds is 2. The van der Waals surface area contributed by atoms with Crippen molar-refractivity contribution in [2.24, 2.45) is 0 Å². The summed E-state index contributed by atoms with van der Waals surface area (Å²) in [5, 5.41) is 5.71. The number of carbonyl (C=O) groups is 1. The van der Waals surface area contributed by atoms with Gasteiger partial charge in [0.2, 0.25) is 0 Å². The molecule has 1 aromatic carbocycles. The molecule has 0 saturated heterocycles. The Hall–Kier alpha value is -3.89. The van der Waals surface area contributed by atoms with Crippen molar-refractivity contribution in [2.45, 2.75) is 6.18 Å². The normalized spacial score (nSPS) is 11.9. The van der Waals surface area contributed by atoms with Crippen LogP contribution in [0, 0.1) is 0 Å². The zero-order valence-electron chi connectivity index (χ0n) is 14.5. The van der Waals surface area contributed by atoms with E-state index in [0.717, 1.165) is 13.2 Å². The van der Waals surface area contributed by atoms with Crippen LogP contribution in [0.25, 0.3) is 27.9 Å². The van der Waals surface area contributed by atoms with E-state index < -0.39 is 28.9 Å². The number of nitrogens with one attached hydrogen (secondary N) is 1. The second kappa shape index (κ2) is 6.33. The van der Waals surface area contributed by atoms with Gasteiger partial charge in [0.05, 0.1) is 18.2 Å². The molecule has 3 heterocycles. The van der Waals surface area contributed by atoms with E-state index in [2.05, 4.69) is 10.2 Å². The van der Waals surface area contributed by atoms with Gasteiger partial charge in [0, 0.05) is 35.6 Å². The number of hydrogen-bond donors (Lipinski definition) is 1. The van der Waals surface area contributed by atoms with Crippen molar-refractivity contribution in [3.05, 3.63) is 68.6 Å². The number of halogens is 3. The summed E-state index contributed by atoms with van der Waals surface area (Å²) in [7, 11) is 1.15. The number of fused-ring (bicyclic) bond motifs is 2. The molecule has 0 radical (unpaired) electrons. The molecule has 0 bridgehead atoms. The van der Waals surface area contributed by atoms with Crippen LogP contribution < -0.4 is 11.2 Å². The zero-order valence-corrected chi connectivity index (χ0v) is 14.5. The number of H-pyrrole nitrogens is 1. The minimum atomic E-state index is -4.74. The highest BCUT2D eigenvalue weighted by atomic mass is 19.4. The number of methoxy groups -OCH3 is 1. The lowest BCUT2D eigenvalue weighted by molar-refractivity contribution is -0.136. The van der Waals surface area contributed by atoms with Crippen molar-refractivity contribution in [1.29, 1.82) is 0 Å². The van der Waals surface area contributed by atoms with Gasteiger partial charge >= 0.3 is 17.8 Å². The fraction of sp³-hybridized carbons (Fsp3) is 0.111. The van der Waals surface area contributed by atoms with Gasteiger partial charge in [0.25, 0.3) is 5.56 Å². The predicted octanol–water partition coefficient (Wildman–Crippen LogP) is 2.58. The summed E-state index contributed by atoms with van der Waals surface area (Å²) in [5.41, 5.74) is -2.78. The van der Waals surface area contributed by atoms with E-state index in [4.69, 9.17) is 9.15 Å². The molecule has 0 saturated carbocycles. The molecule has 2 aliphatic rings. The average molecular weight is 405 g/mol. The van der Waals surface area contributed by atoms with Gasteiger partial charge in [0.15, 0.2) is 0 Å². The lowest BCUT2D eigenvalue weighted by atomic mass is 10.1. The lowest BCUT2D eigenvalue weighted by Crippen LogP contribution is -2.12. The lowest BCUT2D eigenvalue weighted by Gasteiger charge is -2.13. The van der Waals surface area contributed by atoms with E-state index in [-0.39, 0.29) is 33.5 Å². The van der Waals surface area contributed by atoms with E-state index in [1.807, 2.05) is 0 Å². The molecule has 0 amide bonds. The van der Waals surface area contributed by atoms with Crippen LogP contribution >= 0.6 is 0 Å². The van der Waals surface area contributed by atoms with Crippen LogP contribution in [0.3, 0.4) is 0 Å². The number of benzene rings is 1. The number of hydrogen-bond acceptors (Lipinski definition) is 6. The summed E-state index contributed by atoms with van der Waals surface area (Å²) in [4.78, 5) is 35.6. The molecule has 0 spiro atoms. The maximum atomic E-state index is 13.2. The highest BCUT2D eigenvalue weighted by Gasteiger charge is 2.34. The van der Waals surface area contributed by atoms with Crippen molar-refractivity contribution in [3.8, 4) is 16.9 Å². The second-order valence-electron chi connectivity index (χ2n) is 6.04. The first-order valence-corrected chi connectivity index (χ1v) is 8.03. The molecule has 1 N–H and O–H groups in total. The van der Waals surface area contributed by atoms with Crippen LogP contribution in [0.2, 0.25) is 0 Å². The van der Waals surface area contributed by atoms with Crippen molar-refractivity contribution in [1.82, 2.24) is 14.8 Å². The number of ether oxygens (including phenoxy) is 1. The minimum Gasteiger partial charge on any atom is -0.465 e. The van der Waals surface area contributed by atoms with Gasteiger partial charge in [-0.25, -0.2) is 14.7 Å².